The fourth-order valence-electron chi connectivity index (χ4n) is 2.06. The molecule has 2 aromatic rings. The first-order valence-electron chi connectivity index (χ1n) is 8.04. The minimum absolute atomic E-state index is 0.0803. The van der Waals surface area contributed by atoms with Gasteiger partial charge in [0, 0.05) is 18.2 Å². The number of aromatic nitrogens is 2. The summed E-state index contributed by atoms with van der Waals surface area (Å²) in [6.45, 7) is 6.34. The molecule has 2 N–H and O–H groups in total. The highest BCUT2D eigenvalue weighted by atomic mass is 32.1. The summed E-state index contributed by atoms with van der Waals surface area (Å²) in [5, 5.41) is 9.72. The monoisotopic (exact) mass is 346 g/mol. The maximum absolute atomic E-state index is 12.1. The molecule has 0 saturated carbocycles. The number of nitrogens with one attached hydrogen (secondary N) is 2. The van der Waals surface area contributed by atoms with Gasteiger partial charge in [0.1, 0.15) is 4.88 Å². The number of nitrogens with zero attached hydrogens (tertiary/aromatic N) is 2. The first kappa shape index (κ1) is 18.1. The Morgan fingerprint density at radius 3 is 2.50 bits per heavy atom. The third kappa shape index (κ3) is 4.61. The van der Waals surface area contributed by atoms with Gasteiger partial charge in [-0.15, -0.1) is 5.10 Å². The van der Waals surface area contributed by atoms with Crippen LogP contribution < -0.4 is 10.6 Å². The highest BCUT2D eigenvalue weighted by molar-refractivity contribution is 7.08. The van der Waals surface area contributed by atoms with E-state index in [2.05, 4.69) is 20.2 Å². The van der Waals surface area contributed by atoms with Crippen LogP contribution in [0.4, 0.5) is 0 Å². The van der Waals surface area contributed by atoms with Crippen LogP contribution in [0.15, 0.2) is 24.3 Å². The first-order chi connectivity index (χ1) is 11.5. The highest BCUT2D eigenvalue weighted by Crippen LogP contribution is 2.11. The van der Waals surface area contributed by atoms with Crippen molar-refractivity contribution in [2.75, 3.05) is 0 Å². The van der Waals surface area contributed by atoms with Crippen LogP contribution in [0.1, 0.15) is 58.5 Å². The minimum atomic E-state index is -0.166. The molecule has 1 heterocycles. The number of hydrogen-bond donors (Lipinski definition) is 2. The number of amides is 2. The summed E-state index contributed by atoms with van der Waals surface area (Å²) < 4.78 is 3.82. The van der Waals surface area contributed by atoms with E-state index in [4.69, 9.17) is 0 Å². The van der Waals surface area contributed by atoms with Crippen molar-refractivity contribution in [1.29, 1.82) is 0 Å². The number of carbonyl (C=O) groups excluding carboxylic acids is 2. The number of rotatable bonds is 7. The van der Waals surface area contributed by atoms with Crippen molar-refractivity contribution in [3.05, 3.63) is 46.0 Å². The zero-order valence-corrected chi connectivity index (χ0v) is 14.9. The van der Waals surface area contributed by atoms with Crippen LogP contribution in [0.25, 0.3) is 0 Å². The van der Waals surface area contributed by atoms with Crippen molar-refractivity contribution in [3.63, 3.8) is 0 Å². The Labute approximate surface area is 145 Å². The van der Waals surface area contributed by atoms with E-state index in [0.717, 1.165) is 29.2 Å². The molecule has 2 rings (SSSR count). The van der Waals surface area contributed by atoms with Crippen molar-refractivity contribution < 1.29 is 9.59 Å². The lowest BCUT2D eigenvalue weighted by molar-refractivity contribution is 0.0934. The molecule has 6 nitrogen and oxygen atoms in total. The Morgan fingerprint density at radius 1 is 1.17 bits per heavy atom. The van der Waals surface area contributed by atoms with Crippen LogP contribution in [0, 0.1) is 0 Å². The lowest BCUT2D eigenvalue weighted by Crippen LogP contribution is -2.31. The van der Waals surface area contributed by atoms with Crippen molar-refractivity contribution >= 4 is 23.3 Å². The molecular formula is C17H22N4O2S. The van der Waals surface area contributed by atoms with E-state index < -0.39 is 0 Å². The molecule has 128 valence electrons. The number of aryl methyl sites for hydroxylation is 1. The molecule has 0 aliphatic carbocycles. The normalized spacial score (nSPS) is 11.8. The number of benzene rings is 1. The molecule has 1 atom stereocenters. The second-order valence-corrected chi connectivity index (χ2v) is 6.32. The molecule has 0 radical (unpaired) electrons. The molecule has 1 aromatic carbocycles. The minimum Gasteiger partial charge on any atom is -0.350 e. The van der Waals surface area contributed by atoms with Gasteiger partial charge in [0.15, 0.2) is 0 Å². The van der Waals surface area contributed by atoms with E-state index in [0.29, 0.717) is 23.4 Å². The molecule has 0 aliphatic rings. The summed E-state index contributed by atoms with van der Waals surface area (Å²) in [4.78, 5) is 24.7. The second-order valence-electron chi connectivity index (χ2n) is 5.56. The zero-order valence-electron chi connectivity index (χ0n) is 14.1. The van der Waals surface area contributed by atoms with Crippen LogP contribution >= 0.6 is 11.5 Å². The van der Waals surface area contributed by atoms with Gasteiger partial charge >= 0.3 is 0 Å². The summed E-state index contributed by atoms with van der Waals surface area (Å²) in [5.41, 5.74) is 2.26. The molecule has 7 heteroatoms. The van der Waals surface area contributed by atoms with Crippen LogP contribution in [0.3, 0.4) is 0 Å². The number of hydrogen-bond acceptors (Lipinski definition) is 5. The summed E-state index contributed by atoms with van der Waals surface area (Å²) in [5.74, 6) is -0.247. The predicted molar refractivity (Wildman–Crippen MR) is 94.1 cm³/mol. The molecule has 0 fully saturated rings. The van der Waals surface area contributed by atoms with Crippen LogP contribution in [0.2, 0.25) is 0 Å². The van der Waals surface area contributed by atoms with Crippen LogP contribution in [-0.2, 0) is 13.0 Å². The molecule has 0 saturated heterocycles. The standard InChI is InChI=1S/C17H22N4O2S/c1-4-11(3)19-16(22)13-8-6-12(7-9-13)10-18-17(23)15-14(5-2)20-21-24-15/h6-9,11H,4-5,10H2,1-3H3,(H,18,23)(H,19,22)/t11-/m0/s1. The molecule has 1 aromatic heterocycles. The van der Waals surface area contributed by atoms with E-state index in [1.807, 2.05) is 32.9 Å². The fourth-order valence-corrected chi connectivity index (χ4v) is 2.72. The third-order valence-electron chi connectivity index (χ3n) is 3.76. The maximum Gasteiger partial charge on any atom is 0.265 e. The molecular weight excluding hydrogens is 324 g/mol. The first-order valence-corrected chi connectivity index (χ1v) is 8.81. The Morgan fingerprint density at radius 2 is 1.88 bits per heavy atom. The van der Waals surface area contributed by atoms with Gasteiger partial charge in [-0.2, -0.15) is 0 Å². The Hall–Kier alpha value is -2.28. The molecule has 0 spiro atoms. The average Bonchev–Trinajstić information content (AvgIpc) is 3.08. The van der Waals surface area contributed by atoms with Crippen molar-refractivity contribution in [2.24, 2.45) is 0 Å². The van der Waals surface area contributed by atoms with E-state index in [9.17, 15) is 9.59 Å². The van der Waals surface area contributed by atoms with Gasteiger partial charge in [-0.25, -0.2) is 0 Å². The quantitative estimate of drug-likeness (QED) is 0.807. The van der Waals surface area contributed by atoms with Gasteiger partial charge in [0.2, 0.25) is 0 Å². The van der Waals surface area contributed by atoms with Crippen molar-refractivity contribution in [2.45, 2.75) is 46.2 Å². The predicted octanol–water partition coefficient (Wildman–Crippen LogP) is 2.56. The lowest BCUT2D eigenvalue weighted by atomic mass is 10.1. The molecule has 0 aliphatic heterocycles. The molecule has 0 unspecified atom stereocenters. The van der Waals surface area contributed by atoms with Gasteiger partial charge in [-0.3, -0.25) is 9.59 Å². The second kappa shape index (κ2) is 8.54. The zero-order chi connectivity index (χ0) is 17.5. The topological polar surface area (TPSA) is 84.0 Å². The van der Waals surface area contributed by atoms with Gasteiger partial charge in [0.05, 0.1) is 5.69 Å². The highest BCUT2D eigenvalue weighted by Gasteiger charge is 2.14. The van der Waals surface area contributed by atoms with E-state index >= 15 is 0 Å². The SMILES string of the molecule is CCc1nnsc1C(=O)NCc1ccc(C(=O)N[C@@H](C)CC)cc1. The van der Waals surface area contributed by atoms with E-state index in [-0.39, 0.29) is 17.9 Å². The van der Waals surface area contributed by atoms with Crippen molar-refractivity contribution in [1.82, 2.24) is 20.2 Å². The average molecular weight is 346 g/mol. The van der Waals surface area contributed by atoms with Crippen LogP contribution in [-0.4, -0.2) is 27.4 Å². The van der Waals surface area contributed by atoms with Crippen molar-refractivity contribution in [3.8, 4) is 0 Å². The molecule has 2 amide bonds. The lowest BCUT2D eigenvalue weighted by Gasteiger charge is -2.11. The summed E-state index contributed by atoms with van der Waals surface area (Å²) in [6, 6.07) is 7.38. The Kier molecular flexibility index (Phi) is 6.43. The smallest absolute Gasteiger partial charge is 0.265 e. The summed E-state index contributed by atoms with van der Waals surface area (Å²) >= 11 is 1.11. The van der Waals surface area contributed by atoms with Gasteiger partial charge in [-0.05, 0) is 49.0 Å². The van der Waals surface area contributed by atoms with Crippen LogP contribution in [0.5, 0.6) is 0 Å². The fraction of sp³-hybridized carbons (Fsp3) is 0.412. The Balaban J connectivity index is 1.92. The largest absolute Gasteiger partial charge is 0.350 e. The van der Waals surface area contributed by atoms with Gasteiger partial charge < -0.3 is 10.6 Å². The van der Waals surface area contributed by atoms with Gasteiger partial charge in [-0.1, -0.05) is 30.5 Å². The van der Waals surface area contributed by atoms with E-state index in [1.165, 1.54) is 0 Å². The van der Waals surface area contributed by atoms with E-state index in [1.54, 1.807) is 12.1 Å². The molecule has 0 bridgehead atoms. The number of carbonyl (C=O) groups is 2. The summed E-state index contributed by atoms with van der Waals surface area (Å²) in [6.07, 6.45) is 1.57. The summed E-state index contributed by atoms with van der Waals surface area (Å²) in [7, 11) is 0. The van der Waals surface area contributed by atoms with Gasteiger partial charge in [0.25, 0.3) is 11.8 Å². The Bertz CT molecular complexity index is 697. The third-order valence-corrected chi connectivity index (χ3v) is 4.52. The maximum atomic E-state index is 12.1. The molecule has 24 heavy (non-hydrogen) atoms.